The molecule has 0 bridgehead atoms. The van der Waals surface area contributed by atoms with Gasteiger partial charge < -0.3 is 14.6 Å². The molecule has 1 heterocycles. The smallest absolute Gasteiger partial charge is 0.261 e. The van der Waals surface area contributed by atoms with E-state index in [9.17, 15) is 9.90 Å². The summed E-state index contributed by atoms with van der Waals surface area (Å²) in [7, 11) is 3.05. The molecule has 6 heteroatoms. The number of benzene rings is 2. The van der Waals surface area contributed by atoms with Gasteiger partial charge in [0.2, 0.25) is 0 Å². The van der Waals surface area contributed by atoms with Crippen LogP contribution in [0.25, 0.3) is 10.9 Å². The van der Waals surface area contributed by atoms with Crippen molar-refractivity contribution in [2.24, 2.45) is 0 Å². The van der Waals surface area contributed by atoms with Crippen LogP contribution >= 0.6 is 0 Å². The average Bonchev–Trinajstić information content (AvgIpc) is 2.58. The monoisotopic (exact) mass is 312 g/mol. The van der Waals surface area contributed by atoms with Crippen molar-refractivity contribution in [2.45, 2.75) is 6.54 Å². The number of fused-ring (bicyclic) bond motifs is 1. The summed E-state index contributed by atoms with van der Waals surface area (Å²) in [6.07, 6.45) is 1.49. The number of ether oxygens (including phenoxy) is 2. The highest BCUT2D eigenvalue weighted by atomic mass is 16.5. The molecule has 1 aromatic heterocycles. The number of aromatic nitrogens is 2. The van der Waals surface area contributed by atoms with Crippen LogP contribution in [-0.4, -0.2) is 28.9 Å². The van der Waals surface area contributed by atoms with Crippen LogP contribution in [0.3, 0.4) is 0 Å². The molecule has 3 rings (SSSR count). The first-order chi connectivity index (χ1) is 11.1. The average molecular weight is 312 g/mol. The lowest BCUT2D eigenvalue weighted by Gasteiger charge is -2.09. The van der Waals surface area contributed by atoms with Gasteiger partial charge in [-0.25, -0.2) is 4.98 Å². The minimum absolute atomic E-state index is 0.0823. The third-order valence-electron chi connectivity index (χ3n) is 3.64. The number of hydrogen-bond donors (Lipinski definition) is 1. The van der Waals surface area contributed by atoms with Gasteiger partial charge in [-0.3, -0.25) is 9.36 Å². The Labute approximate surface area is 132 Å². The second-order valence-corrected chi connectivity index (χ2v) is 5.07. The van der Waals surface area contributed by atoms with Crippen molar-refractivity contribution in [3.05, 3.63) is 58.6 Å². The molecular weight excluding hydrogens is 296 g/mol. The van der Waals surface area contributed by atoms with Crippen LogP contribution in [0.5, 0.6) is 17.2 Å². The van der Waals surface area contributed by atoms with E-state index in [1.54, 1.807) is 13.2 Å². The molecule has 118 valence electrons. The van der Waals surface area contributed by atoms with Gasteiger partial charge in [0.05, 0.1) is 38.0 Å². The Bertz CT molecular complexity index is 901. The molecule has 6 nitrogen and oxygen atoms in total. The fourth-order valence-electron chi connectivity index (χ4n) is 2.38. The predicted octanol–water partition coefficient (Wildman–Crippen LogP) is 2.17. The molecule has 0 fully saturated rings. The maximum atomic E-state index is 12.6. The lowest BCUT2D eigenvalue weighted by atomic mass is 10.2. The molecule has 23 heavy (non-hydrogen) atoms. The molecule has 0 spiro atoms. The summed E-state index contributed by atoms with van der Waals surface area (Å²) in [5.41, 5.74) is 1.21. The molecule has 0 atom stereocenters. The van der Waals surface area contributed by atoms with Gasteiger partial charge in [-0.05, 0) is 23.8 Å². The van der Waals surface area contributed by atoms with Crippen molar-refractivity contribution < 1.29 is 14.6 Å². The number of phenolic OH excluding ortho intramolecular Hbond substituents is 1. The molecule has 0 aliphatic carbocycles. The van der Waals surface area contributed by atoms with Gasteiger partial charge in [0.25, 0.3) is 5.56 Å². The maximum Gasteiger partial charge on any atom is 0.261 e. The number of methoxy groups -OCH3 is 2. The van der Waals surface area contributed by atoms with E-state index < -0.39 is 0 Å². The van der Waals surface area contributed by atoms with Gasteiger partial charge in [-0.2, -0.15) is 0 Å². The Morgan fingerprint density at radius 2 is 1.87 bits per heavy atom. The zero-order chi connectivity index (χ0) is 16.4. The number of phenols is 1. The van der Waals surface area contributed by atoms with Crippen molar-refractivity contribution in [3.63, 3.8) is 0 Å². The molecule has 3 aromatic rings. The lowest BCUT2D eigenvalue weighted by Crippen LogP contribution is -2.21. The first-order valence-electron chi connectivity index (χ1n) is 7.01. The highest BCUT2D eigenvalue weighted by molar-refractivity contribution is 5.81. The Morgan fingerprint density at radius 3 is 2.52 bits per heavy atom. The molecule has 0 unspecified atom stereocenters. The SMILES string of the molecule is COc1ccc(Cn2cnc3cc(OC)c(O)cc3c2=O)cc1. The fourth-order valence-corrected chi connectivity index (χ4v) is 2.38. The zero-order valence-electron chi connectivity index (χ0n) is 12.8. The molecule has 1 N–H and O–H groups in total. The van der Waals surface area contributed by atoms with E-state index in [2.05, 4.69) is 4.98 Å². The van der Waals surface area contributed by atoms with Crippen LogP contribution in [-0.2, 0) is 6.54 Å². The fraction of sp³-hybridized carbons (Fsp3) is 0.176. The molecule has 2 aromatic carbocycles. The molecular formula is C17H16N2O4. The molecule has 0 saturated heterocycles. The van der Waals surface area contributed by atoms with Crippen molar-refractivity contribution in [1.29, 1.82) is 0 Å². The topological polar surface area (TPSA) is 73.6 Å². The molecule has 0 aliphatic heterocycles. The van der Waals surface area contributed by atoms with E-state index in [4.69, 9.17) is 9.47 Å². The number of rotatable bonds is 4. The van der Waals surface area contributed by atoms with E-state index in [1.165, 1.54) is 24.1 Å². The van der Waals surface area contributed by atoms with Crippen LogP contribution in [0.4, 0.5) is 0 Å². The Morgan fingerprint density at radius 1 is 1.13 bits per heavy atom. The van der Waals surface area contributed by atoms with Crippen molar-refractivity contribution in [2.75, 3.05) is 14.2 Å². The second kappa shape index (κ2) is 6.00. The minimum Gasteiger partial charge on any atom is -0.504 e. The summed E-state index contributed by atoms with van der Waals surface area (Å²) in [5.74, 6) is 0.966. The Hall–Kier alpha value is -3.02. The van der Waals surface area contributed by atoms with E-state index >= 15 is 0 Å². The van der Waals surface area contributed by atoms with E-state index in [0.717, 1.165) is 11.3 Å². The van der Waals surface area contributed by atoms with Gasteiger partial charge in [0.15, 0.2) is 11.5 Å². The van der Waals surface area contributed by atoms with Gasteiger partial charge in [0.1, 0.15) is 5.75 Å². The third-order valence-corrected chi connectivity index (χ3v) is 3.64. The predicted molar refractivity (Wildman–Crippen MR) is 86.3 cm³/mol. The van der Waals surface area contributed by atoms with Gasteiger partial charge in [0, 0.05) is 6.07 Å². The van der Waals surface area contributed by atoms with Crippen LogP contribution in [0.2, 0.25) is 0 Å². The summed E-state index contributed by atoms with van der Waals surface area (Å²) in [5, 5.41) is 10.2. The standard InChI is InChI=1S/C17H16N2O4/c1-22-12-5-3-11(4-6-12)9-19-10-18-14-8-16(23-2)15(20)7-13(14)17(19)21/h3-8,10,20H,9H2,1-2H3. The normalized spacial score (nSPS) is 10.7. The molecule has 0 saturated carbocycles. The Balaban J connectivity index is 2.01. The molecule has 0 amide bonds. The Kier molecular flexibility index (Phi) is 3.89. The second-order valence-electron chi connectivity index (χ2n) is 5.07. The summed E-state index contributed by atoms with van der Waals surface area (Å²) in [6, 6.07) is 10.4. The number of hydrogen-bond acceptors (Lipinski definition) is 5. The van der Waals surface area contributed by atoms with Crippen molar-refractivity contribution in [3.8, 4) is 17.2 Å². The quantitative estimate of drug-likeness (QED) is 0.799. The summed E-state index contributed by atoms with van der Waals surface area (Å²) in [4.78, 5) is 16.8. The highest BCUT2D eigenvalue weighted by Crippen LogP contribution is 2.28. The van der Waals surface area contributed by atoms with E-state index in [1.807, 2.05) is 24.3 Å². The summed E-state index contributed by atoms with van der Waals surface area (Å²) < 4.78 is 11.6. The van der Waals surface area contributed by atoms with Crippen molar-refractivity contribution in [1.82, 2.24) is 9.55 Å². The molecule has 0 radical (unpaired) electrons. The minimum atomic E-state index is -0.219. The van der Waals surface area contributed by atoms with E-state index in [0.29, 0.717) is 17.4 Å². The van der Waals surface area contributed by atoms with Crippen LogP contribution in [0.15, 0.2) is 47.5 Å². The first kappa shape index (κ1) is 14.9. The number of nitrogens with zero attached hydrogens (tertiary/aromatic N) is 2. The van der Waals surface area contributed by atoms with E-state index in [-0.39, 0.29) is 17.1 Å². The maximum absolute atomic E-state index is 12.6. The lowest BCUT2D eigenvalue weighted by molar-refractivity contribution is 0.374. The number of aromatic hydroxyl groups is 1. The van der Waals surface area contributed by atoms with Gasteiger partial charge >= 0.3 is 0 Å². The molecule has 0 aliphatic rings. The highest BCUT2D eigenvalue weighted by Gasteiger charge is 2.10. The van der Waals surface area contributed by atoms with Crippen molar-refractivity contribution >= 4 is 10.9 Å². The van der Waals surface area contributed by atoms with Gasteiger partial charge in [-0.1, -0.05) is 12.1 Å². The van der Waals surface area contributed by atoms with Gasteiger partial charge in [-0.15, -0.1) is 0 Å². The third kappa shape index (κ3) is 2.83. The summed E-state index contributed by atoms with van der Waals surface area (Å²) in [6.45, 7) is 0.387. The van der Waals surface area contributed by atoms with Crippen LogP contribution in [0.1, 0.15) is 5.56 Å². The van der Waals surface area contributed by atoms with Crippen LogP contribution < -0.4 is 15.0 Å². The zero-order valence-corrected chi connectivity index (χ0v) is 12.8. The summed E-state index contributed by atoms with van der Waals surface area (Å²) >= 11 is 0. The largest absolute Gasteiger partial charge is 0.504 e. The van der Waals surface area contributed by atoms with Crippen LogP contribution in [0, 0.1) is 0 Å². The first-order valence-corrected chi connectivity index (χ1v) is 7.01.